The zero-order valence-corrected chi connectivity index (χ0v) is 10.4. The number of halogens is 2. The Labute approximate surface area is 103 Å². The molecule has 0 radical (unpaired) electrons. The third-order valence-corrected chi connectivity index (χ3v) is 3.33. The van der Waals surface area contributed by atoms with E-state index >= 15 is 0 Å². The van der Waals surface area contributed by atoms with Crippen molar-refractivity contribution in [2.45, 2.75) is 43.9 Å². The summed E-state index contributed by atoms with van der Waals surface area (Å²) < 4.78 is 0. The molecule has 0 aromatic carbocycles. The van der Waals surface area contributed by atoms with Crippen LogP contribution in [0.4, 0.5) is 0 Å². The van der Waals surface area contributed by atoms with Crippen LogP contribution in [0.25, 0.3) is 0 Å². The van der Waals surface area contributed by atoms with Crippen LogP contribution in [0, 0.1) is 0 Å². The number of hydrogen-bond acceptors (Lipinski definition) is 1. The van der Waals surface area contributed by atoms with Gasteiger partial charge in [0.1, 0.15) is 0 Å². The number of hydrogen-bond donors (Lipinski definition) is 0. The SMILES string of the molecule is Cl.ClCc1ccc(C2CCCCC2)nc1. The first kappa shape index (κ1) is 12.8. The summed E-state index contributed by atoms with van der Waals surface area (Å²) in [5.74, 6) is 1.27. The molecular formula is C12H17Cl2N. The predicted octanol–water partition coefficient (Wildman–Crippen LogP) is 4.29. The highest BCUT2D eigenvalue weighted by molar-refractivity contribution is 6.17. The Balaban J connectivity index is 0.00000112. The fraction of sp³-hybridized carbons (Fsp3) is 0.583. The maximum absolute atomic E-state index is 5.73. The topological polar surface area (TPSA) is 12.9 Å². The molecule has 0 saturated heterocycles. The third kappa shape index (κ3) is 3.35. The molecule has 1 aliphatic rings. The van der Waals surface area contributed by atoms with Gasteiger partial charge in [-0.3, -0.25) is 4.98 Å². The number of nitrogens with zero attached hydrogens (tertiary/aromatic N) is 1. The maximum atomic E-state index is 5.73. The molecule has 1 saturated carbocycles. The van der Waals surface area contributed by atoms with Crippen LogP contribution in [0.2, 0.25) is 0 Å². The Bertz CT molecular complexity index is 278. The van der Waals surface area contributed by atoms with E-state index in [1.807, 2.05) is 6.20 Å². The molecule has 1 aromatic rings. The summed E-state index contributed by atoms with van der Waals surface area (Å²) in [5, 5.41) is 0. The first-order chi connectivity index (χ1) is 6.90. The average molecular weight is 246 g/mol. The van der Waals surface area contributed by atoms with Crippen molar-refractivity contribution in [1.29, 1.82) is 0 Å². The van der Waals surface area contributed by atoms with Crippen molar-refractivity contribution in [3.63, 3.8) is 0 Å². The van der Waals surface area contributed by atoms with E-state index < -0.39 is 0 Å². The summed E-state index contributed by atoms with van der Waals surface area (Å²) in [6, 6.07) is 4.25. The summed E-state index contributed by atoms with van der Waals surface area (Å²) in [4.78, 5) is 4.49. The van der Waals surface area contributed by atoms with Crippen molar-refractivity contribution in [2.75, 3.05) is 0 Å². The van der Waals surface area contributed by atoms with E-state index in [0.29, 0.717) is 11.8 Å². The van der Waals surface area contributed by atoms with Gasteiger partial charge >= 0.3 is 0 Å². The Morgan fingerprint density at radius 1 is 1.20 bits per heavy atom. The van der Waals surface area contributed by atoms with Gasteiger partial charge < -0.3 is 0 Å². The molecule has 1 aromatic heterocycles. The van der Waals surface area contributed by atoms with Gasteiger partial charge in [0.15, 0.2) is 0 Å². The summed E-state index contributed by atoms with van der Waals surface area (Å²) in [7, 11) is 0. The van der Waals surface area contributed by atoms with Gasteiger partial charge in [-0.05, 0) is 24.5 Å². The highest BCUT2D eigenvalue weighted by atomic mass is 35.5. The van der Waals surface area contributed by atoms with Crippen molar-refractivity contribution in [1.82, 2.24) is 4.98 Å². The molecule has 1 heterocycles. The van der Waals surface area contributed by atoms with E-state index in [2.05, 4.69) is 17.1 Å². The monoisotopic (exact) mass is 245 g/mol. The highest BCUT2D eigenvalue weighted by Gasteiger charge is 2.16. The van der Waals surface area contributed by atoms with Crippen molar-refractivity contribution in [3.05, 3.63) is 29.6 Å². The molecule has 0 N–H and O–H groups in total. The van der Waals surface area contributed by atoms with Crippen LogP contribution >= 0.6 is 24.0 Å². The molecule has 0 spiro atoms. The minimum atomic E-state index is 0. The van der Waals surface area contributed by atoms with Crippen LogP contribution in [-0.4, -0.2) is 4.98 Å². The summed E-state index contributed by atoms with van der Waals surface area (Å²) >= 11 is 5.73. The van der Waals surface area contributed by atoms with E-state index in [1.54, 1.807) is 0 Å². The van der Waals surface area contributed by atoms with Gasteiger partial charge in [-0.1, -0.05) is 25.3 Å². The van der Waals surface area contributed by atoms with E-state index in [9.17, 15) is 0 Å². The number of rotatable bonds is 2. The minimum Gasteiger partial charge on any atom is -0.261 e. The quantitative estimate of drug-likeness (QED) is 0.709. The second kappa shape index (κ2) is 6.34. The largest absolute Gasteiger partial charge is 0.261 e. The van der Waals surface area contributed by atoms with Crippen molar-refractivity contribution >= 4 is 24.0 Å². The van der Waals surface area contributed by atoms with Gasteiger partial charge in [-0.15, -0.1) is 24.0 Å². The maximum Gasteiger partial charge on any atom is 0.0489 e. The van der Waals surface area contributed by atoms with E-state index in [-0.39, 0.29) is 12.4 Å². The lowest BCUT2D eigenvalue weighted by Crippen LogP contribution is -2.06. The molecule has 1 nitrogen and oxygen atoms in total. The van der Waals surface area contributed by atoms with E-state index in [4.69, 9.17) is 11.6 Å². The zero-order valence-electron chi connectivity index (χ0n) is 8.79. The normalized spacial score (nSPS) is 17.1. The molecule has 0 unspecified atom stereocenters. The van der Waals surface area contributed by atoms with Crippen LogP contribution in [0.5, 0.6) is 0 Å². The van der Waals surface area contributed by atoms with Gasteiger partial charge in [-0.25, -0.2) is 0 Å². The molecule has 1 fully saturated rings. The van der Waals surface area contributed by atoms with Gasteiger partial charge in [0.2, 0.25) is 0 Å². The Morgan fingerprint density at radius 3 is 2.47 bits per heavy atom. The fourth-order valence-electron chi connectivity index (χ4n) is 2.15. The summed E-state index contributed by atoms with van der Waals surface area (Å²) in [6.45, 7) is 0. The second-order valence-corrected chi connectivity index (χ2v) is 4.33. The number of pyridine rings is 1. The van der Waals surface area contributed by atoms with Gasteiger partial charge in [0, 0.05) is 23.7 Å². The molecule has 0 atom stereocenters. The second-order valence-electron chi connectivity index (χ2n) is 4.06. The highest BCUT2D eigenvalue weighted by Crippen LogP contribution is 2.31. The molecule has 1 aliphatic carbocycles. The van der Waals surface area contributed by atoms with Gasteiger partial charge in [0.05, 0.1) is 0 Å². The molecule has 3 heteroatoms. The Kier molecular flexibility index (Phi) is 5.41. The Hall–Kier alpha value is -0.270. The minimum absolute atomic E-state index is 0. The predicted molar refractivity (Wildman–Crippen MR) is 66.9 cm³/mol. The lowest BCUT2D eigenvalue weighted by Gasteiger charge is -2.20. The van der Waals surface area contributed by atoms with Crippen molar-refractivity contribution in [3.8, 4) is 0 Å². The van der Waals surface area contributed by atoms with Crippen LogP contribution in [0.1, 0.15) is 49.3 Å². The van der Waals surface area contributed by atoms with Gasteiger partial charge in [0.25, 0.3) is 0 Å². The smallest absolute Gasteiger partial charge is 0.0489 e. The summed E-state index contributed by atoms with van der Waals surface area (Å²) in [5.41, 5.74) is 2.38. The average Bonchev–Trinajstić information content (AvgIpc) is 2.30. The lowest BCUT2D eigenvalue weighted by atomic mass is 9.86. The first-order valence-electron chi connectivity index (χ1n) is 5.41. The fourth-order valence-corrected chi connectivity index (χ4v) is 2.31. The summed E-state index contributed by atoms with van der Waals surface area (Å²) in [6.07, 6.45) is 8.67. The van der Waals surface area contributed by atoms with Crippen LogP contribution in [0.15, 0.2) is 18.3 Å². The molecule has 0 amide bonds. The Morgan fingerprint density at radius 2 is 1.93 bits per heavy atom. The number of aromatic nitrogens is 1. The standard InChI is InChI=1S/C12H16ClN.ClH/c13-8-10-6-7-12(14-9-10)11-4-2-1-3-5-11;/h6-7,9,11H,1-5,8H2;1H. The lowest BCUT2D eigenvalue weighted by molar-refractivity contribution is 0.436. The van der Waals surface area contributed by atoms with Crippen molar-refractivity contribution < 1.29 is 0 Å². The zero-order chi connectivity index (χ0) is 9.80. The molecule has 0 bridgehead atoms. The van der Waals surface area contributed by atoms with E-state index in [1.165, 1.54) is 37.8 Å². The number of alkyl halides is 1. The van der Waals surface area contributed by atoms with Crippen LogP contribution in [-0.2, 0) is 5.88 Å². The van der Waals surface area contributed by atoms with Crippen molar-refractivity contribution in [2.24, 2.45) is 0 Å². The first-order valence-corrected chi connectivity index (χ1v) is 5.94. The van der Waals surface area contributed by atoms with Gasteiger partial charge in [-0.2, -0.15) is 0 Å². The van der Waals surface area contributed by atoms with E-state index in [0.717, 1.165) is 5.56 Å². The third-order valence-electron chi connectivity index (χ3n) is 3.03. The molecule has 2 rings (SSSR count). The molecule has 15 heavy (non-hydrogen) atoms. The molecule has 84 valence electrons. The van der Waals surface area contributed by atoms with Crippen LogP contribution in [0.3, 0.4) is 0 Å². The molecular weight excluding hydrogens is 229 g/mol. The molecule has 0 aliphatic heterocycles. The van der Waals surface area contributed by atoms with Crippen LogP contribution < -0.4 is 0 Å².